The van der Waals surface area contributed by atoms with Crippen molar-refractivity contribution < 1.29 is 4.74 Å². The Balaban J connectivity index is 2.17. The Hall–Kier alpha value is -0.900. The molecule has 0 saturated heterocycles. The van der Waals surface area contributed by atoms with E-state index in [2.05, 4.69) is 36.1 Å². The third kappa shape index (κ3) is 4.29. The lowest BCUT2D eigenvalue weighted by molar-refractivity contribution is 0.113. The van der Waals surface area contributed by atoms with Gasteiger partial charge < -0.3 is 10.5 Å². The third-order valence-electron chi connectivity index (χ3n) is 4.68. The molecule has 1 aromatic rings. The average molecular weight is 290 g/mol. The molecule has 1 unspecified atom stereocenters. The first-order valence-corrected chi connectivity index (χ1v) is 8.33. The number of nitrogens with zero attached hydrogens (tertiary/aromatic N) is 1. The van der Waals surface area contributed by atoms with Crippen molar-refractivity contribution in [1.82, 2.24) is 4.90 Å². The maximum atomic E-state index is 6.14. The third-order valence-corrected chi connectivity index (χ3v) is 4.68. The fourth-order valence-electron chi connectivity index (χ4n) is 3.67. The molecule has 1 saturated carbocycles. The van der Waals surface area contributed by atoms with Crippen molar-refractivity contribution in [2.75, 3.05) is 20.2 Å². The van der Waals surface area contributed by atoms with E-state index < -0.39 is 0 Å². The quantitative estimate of drug-likeness (QED) is 0.835. The lowest BCUT2D eigenvalue weighted by Gasteiger charge is -2.39. The molecular weight excluding hydrogens is 260 g/mol. The number of likely N-dealkylation sites (N-methyl/N-ethyl adjacent to an activating group) is 1. The van der Waals surface area contributed by atoms with Gasteiger partial charge in [-0.1, -0.05) is 50.5 Å². The molecule has 0 spiro atoms. The topological polar surface area (TPSA) is 38.5 Å². The summed E-state index contributed by atoms with van der Waals surface area (Å²) in [5, 5.41) is 0. The fourth-order valence-corrected chi connectivity index (χ4v) is 3.67. The zero-order chi connectivity index (χ0) is 15.1. The largest absolute Gasteiger partial charge is 0.380 e. The number of rotatable bonds is 7. The Bertz CT molecular complexity index is 415. The van der Waals surface area contributed by atoms with Crippen LogP contribution in [0.25, 0.3) is 0 Å². The second-order valence-corrected chi connectivity index (χ2v) is 6.05. The lowest BCUT2D eigenvalue weighted by Crippen LogP contribution is -2.42. The molecule has 0 aliphatic heterocycles. The lowest BCUT2D eigenvalue weighted by atomic mass is 9.91. The van der Waals surface area contributed by atoms with Gasteiger partial charge in [-0.2, -0.15) is 0 Å². The predicted octanol–water partition coefficient (Wildman–Crippen LogP) is 3.49. The van der Waals surface area contributed by atoms with Gasteiger partial charge in [0.25, 0.3) is 0 Å². The van der Waals surface area contributed by atoms with Gasteiger partial charge in [0.2, 0.25) is 0 Å². The van der Waals surface area contributed by atoms with Gasteiger partial charge in [-0.05, 0) is 30.5 Å². The summed E-state index contributed by atoms with van der Waals surface area (Å²) in [6, 6.07) is 9.74. The molecule has 0 heterocycles. The van der Waals surface area contributed by atoms with E-state index in [-0.39, 0.29) is 0 Å². The van der Waals surface area contributed by atoms with Crippen molar-refractivity contribution in [3.8, 4) is 0 Å². The molecule has 0 radical (unpaired) electrons. The van der Waals surface area contributed by atoms with Crippen LogP contribution in [-0.2, 0) is 11.3 Å². The normalized spacial score (nSPS) is 18.1. The molecule has 1 aliphatic rings. The minimum atomic E-state index is 0.329. The fraction of sp³-hybridized carbons (Fsp3) is 0.667. The SMILES string of the molecule is CCN(C1CCCCC1)C(CN)c1cccc(COC)c1. The van der Waals surface area contributed by atoms with Gasteiger partial charge in [0.05, 0.1) is 6.61 Å². The summed E-state index contributed by atoms with van der Waals surface area (Å²) >= 11 is 0. The molecule has 1 aromatic carbocycles. The van der Waals surface area contributed by atoms with Gasteiger partial charge in [0, 0.05) is 25.7 Å². The highest BCUT2D eigenvalue weighted by atomic mass is 16.5. The van der Waals surface area contributed by atoms with E-state index in [1.165, 1.54) is 43.2 Å². The smallest absolute Gasteiger partial charge is 0.0713 e. The van der Waals surface area contributed by atoms with Crippen LogP contribution in [-0.4, -0.2) is 31.1 Å². The summed E-state index contributed by atoms with van der Waals surface area (Å²) in [6.45, 7) is 4.68. The maximum absolute atomic E-state index is 6.14. The van der Waals surface area contributed by atoms with Crippen molar-refractivity contribution in [3.63, 3.8) is 0 Å². The van der Waals surface area contributed by atoms with E-state index in [1.807, 2.05) is 0 Å². The molecule has 1 atom stereocenters. The van der Waals surface area contributed by atoms with Crippen LogP contribution in [0.15, 0.2) is 24.3 Å². The van der Waals surface area contributed by atoms with Crippen LogP contribution < -0.4 is 5.73 Å². The highest BCUT2D eigenvalue weighted by molar-refractivity contribution is 5.26. The number of nitrogens with two attached hydrogens (primary N) is 1. The Morgan fingerprint density at radius 2 is 2.05 bits per heavy atom. The summed E-state index contributed by atoms with van der Waals surface area (Å²) in [6.07, 6.45) is 6.76. The molecule has 3 nitrogen and oxygen atoms in total. The number of ether oxygens (including phenoxy) is 1. The van der Waals surface area contributed by atoms with Crippen molar-refractivity contribution in [2.45, 2.75) is 57.7 Å². The minimum Gasteiger partial charge on any atom is -0.380 e. The van der Waals surface area contributed by atoms with Crippen LogP contribution in [0.2, 0.25) is 0 Å². The molecule has 0 bridgehead atoms. The van der Waals surface area contributed by atoms with Gasteiger partial charge in [0.1, 0.15) is 0 Å². The van der Waals surface area contributed by atoms with E-state index >= 15 is 0 Å². The van der Waals surface area contributed by atoms with Gasteiger partial charge in [0.15, 0.2) is 0 Å². The van der Waals surface area contributed by atoms with Crippen molar-refractivity contribution in [2.24, 2.45) is 5.73 Å². The Morgan fingerprint density at radius 3 is 2.67 bits per heavy atom. The number of methoxy groups -OCH3 is 1. The summed E-state index contributed by atoms with van der Waals surface area (Å²) < 4.78 is 5.25. The van der Waals surface area contributed by atoms with Gasteiger partial charge in [-0.25, -0.2) is 0 Å². The van der Waals surface area contributed by atoms with Gasteiger partial charge in [-0.3, -0.25) is 4.90 Å². The van der Waals surface area contributed by atoms with Gasteiger partial charge in [-0.15, -0.1) is 0 Å². The average Bonchev–Trinajstić information content (AvgIpc) is 2.54. The van der Waals surface area contributed by atoms with Crippen LogP contribution in [0, 0.1) is 0 Å². The molecule has 2 N–H and O–H groups in total. The summed E-state index contributed by atoms with van der Waals surface area (Å²) in [5.41, 5.74) is 8.70. The standard InChI is InChI=1S/C18H30N2O/c1-3-20(17-10-5-4-6-11-17)18(13-19)16-9-7-8-15(12-16)14-21-2/h7-9,12,17-18H,3-6,10-11,13-14,19H2,1-2H3. The van der Waals surface area contributed by atoms with Gasteiger partial charge >= 0.3 is 0 Å². The van der Waals surface area contributed by atoms with E-state index in [4.69, 9.17) is 10.5 Å². The highest BCUT2D eigenvalue weighted by Crippen LogP contribution is 2.30. The monoisotopic (exact) mass is 290 g/mol. The number of hydrogen-bond donors (Lipinski definition) is 1. The molecule has 0 aromatic heterocycles. The van der Waals surface area contributed by atoms with Crippen LogP contribution >= 0.6 is 0 Å². The second kappa shape index (κ2) is 8.52. The highest BCUT2D eigenvalue weighted by Gasteiger charge is 2.26. The van der Waals surface area contributed by atoms with E-state index in [0.29, 0.717) is 25.2 Å². The van der Waals surface area contributed by atoms with E-state index in [0.717, 1.165) is 6.54 Å². The molecule has 21 heavy (non-hydrogen) atoms. The maximum Gasteiger partial charge on any atom is 0.0713 e. The molecule has 118 valence electrons. The summed E-state index contributed by atoms with van der Waals surface area (Å²) in [5.74, 6) is 0. The summed E-state index contributed by atoms with van der Waals surface area (Å²) in [7, 11) is 1.74. The zero-order valence-corrected chi connectivity index (χ0v) is 13.6. The molecular formula is C18H30N2O. The first kappa shape index (κ1) is 16.5. The van der Waals surface area contributed by atoms with Crippen molar-refractivity contribution >= 4 is 0 Å². The molecule has 0 amide bonds. The first-order valence-electron chi connectivity index (χ1n) is 8.33. The summed E-state index contributed by atoms with van der Waals surface area (Å²) in [4.78, 5) is 2.62. The van der Waals surface area contributed by atoms with Crippen LogP contribution in [0.4, 0.5) is 0 Å². The molecule has 2 rings (SSSR count). The van der Waals surface area contributed by atoms with Crippen LogP contribution in [0.1, 0.15) is 56.2 Å². The Morgan fingerprint density at radius 1 is 1.29 bits per heavy atom. The minimum absolute atomic E-state index is 0.329. The molecule has 1 aliphatic carbocycles. The second-order valence-electron chi connectivity index (χ2n) is 6.05. The first-order chi connectivity index (χ1) is 10.3. The van der Waals surface area contributed by atoms with Crippen LogP contribution in [0.3, 0.4) is 0 Å². The molecule has 3 heteroatoms. The van der Waals surface area contributed by atoms with Crippen molar-refractivity contribution in [1.29, 1.82) is 0 Å². The van der Waals surface area contributed by atoms with E-state index in [9.17, 15) is 0 Å². The molecule has 1 fully saturated rings. The predicted molar refractivity (Wildman–Crippen MR) is 88.2 cm³/mol. The Labute approximate surface area is 129 Å². The van der Waals surface area contributed by atoms with Crippen molar-refractivity contribution in [3.05, 3.63) is 35.4 Å². The van der Waals surface area contributed by atoms with E-state index in [1.54, 1.807) is 7.11 Å². The number of benzene rings is 1. The van der Waals surface area contributed by atoms with Crippen LogP contribution in [0.5, 0.6) is 0 Å². The Kier molecular flexibility index (Phi) is 6.68. The zero-order valence-electron chi connectivity index (χ0n) is 13.6. The number of hydrogen-bond acceptors (Lipinski definition) is 3.